The van der Waals surface area contributed by atoms with Crippen molar-refractivity contribution >= 4 is 23.2 Å². The normalized spacial score (nSPS) is 19.0. The molecule has 0 bridgehead atoms. The predicted octanol–water partition coefficient (Wildman–Crippen LogP) is 3.50. The number of nitrogens with zero attached hydrogens (tertiary/aromatic N) is 4. The van der Waals surface area contributed by atoms with Crippen molar-refractivity contribution in [1.82, 2.24) is 30.1 Å². The first-order chi connectivity index (χ1) is 14.8. The van der Waals surface area contributed by atoms with Crippen LogP contribution < -0.4 is 10.6 Å². The number of hydrogen-bond acceptors (Lipinski definition) is 7. The number of nitrogens with one attached hydrogen (secondary N) is 3. The first kappa shape index (κ1) is 21.1. The lowest BCUT2D eigenvalue weighted by Gasteiger charge is -2.22. The molecular formula is C21H29N7O3. The van der Waals surface area contributed by atoms with Crippen molar-refractivity contribution < 1.29 is 14.3 Å². The number of alkyl carbamates (subject to hydrolysis) is 1. The van der Waals surface area contributed by atoms with Gasteiger partial charge in [-0.2, -0.15) is 10.2 Å². The van der Waals surface area contributed by atoms with E-state index in [4.69, 9.17) is 9.47 Å². The second-order valence-electron chi connectivity index (χ2n) is 8.92. The van der Waals surface area contributed by atoms with Crippen molar-refractivity contribution in [2.45, 2.75) is 64.2 Å². The van der Waals surface area contributed by atoms with Gasteiger partial charge in [-0.3, -0.25) is 5.10 Å². The van der Waals surface area contributed by atoms with Crippen molar-refractivity contribution in [3.05, 3.63) is 35.9 Å². The zero-order valence-electron chi connectivity index (χ0n) is 18.3. The zero-order chi connectivity index (χ0) is 22.0. The molecule has 4 rings (SSSR count). The Kier molecular flexibility index (Phi) is 5.81. The minimum absolute atomic E-state index is 0.0894. The molecule has 0 unspecified atom stereocenters. The number of anilines is 2. The maximum Gasteiger partial charge on any atom is 0.407 e. The molecule has 10 heteroatoms. The van der Waals surface area contributed by atoms with E-state index >= 15 is 0 Å². The smallest absolute Gasteiger partial charge is 0.407 e. The third kappa shape index (κ3) is 5.13. The molecule has 0 radical (unpaired) electrons. The number of H-pyrrole nitrogens is 1. The Balaban J connectivity index is 1.39. The molecule has 0 spiro atoms. The minimum atomic E-state index is -0.363. The van der Waals surface area contributed by atoms with Crippen LogP contribution in [0.15, 0.2) is 24.5 Å². The lowest BCUT2D eigenvalue weighted by molar-refractivity contribution is 0.0937. The van der Waals surface area contributed by atoms with Crippen LogP contribution in [0.2, 0.25) is 0 Å². The number of aromatic amines is 1. The largest absolute Gasteiger partial charge is 0.446 e. The number of carbonyl (C=O) groups excluding carboxylic acids is 1. The van der Waals surface area contributed by atoms with E-state index in [0.717, 1.165) is 36.2 Å². The molecule has 0 saturated heterocycles. The van der Waals surface area contributed by atoms with E-state index in [9.17, 15) is 4.79 Å². The Morgan fingerprint density at radius 3 is 2.94 bits per heavy atom. The highest BCUT2D eigenvalue weighted by molar-refractivity contribution is 5.72. The topological polar surface area (TPSA) is 118 Å². The Morgan fingerprint density at radius 1 is 1.32 bits per heavy atom. The van der Waals surface area contributed by atoms with Crippen LogP contribution in [0.25, 0.3) is 5.52 Å². The summed E-state index contributed by atoms with van der Waals surface area (Å²) in [6.45, 7) is 6.24. The number of carbonyl (C=O) groups is 1. The third-order valence-electron chi connectivity index (χ3n) is 5.15. The number of rotatable bonds is 6. The molecule has 2 atom stereocenters. The van der Waals surface area contributed by atoms with Gasteiger partial charge in [-0.25, -0.2) is 14.3 Å². The molecule has 3 N–H and O–H groups in total. The van der Waals surface area contributed by atoms with Gasteiger partial charge in [0.25, 0.3) is 0 Å². The standard InChI is InChI=1S/C21H29N7O3/c1-21(2,3)24-20(29)31-15-6-5-13(9-15)16-11-18(26-25-16)23-19-17-10-14(12-30-4)27-28(17)8-7-22-19/h7-8,10-11,13,15H,5-6,9,12H2,1-4H3,(H,24,29)(H2,22,23,25,26)/t13-,15+/m1/s1. The Bertz CT molecular complexity index is 1050. The summed E-state index contributed by atoms with van der Waals surface area (Å²) >= 11 is 0. The quantitative estimate of drug-likeness (QED) is 0.551. The number of amides is 1. The van der Waals surface area contributed by atoms with Crippen molar-refractivity contribution in [3.63, 3.8) is 0 Å². The van der Waals surface area contributed by atoms with Gasteiger partial charge < -0.3 is 20.1 Å². The lowest BCUT2D eigenvalue weighted by Crippen LogP contribution is -2.42. The van der Waals surface area contributed by atoms with Crippen LogP contribution in [0, 0.1) is 0 Å². The van der Waals surface area contributed by atoms with Gasteiger partial charge in [-0.05, 0) is 46.1 Å². The Morgan fingerprint density at radius 2 is 2.16 bits per heavy atom. The van der Waals surface area contributed by atoms with Gasteiger partial charge >= 0.3 is 6.09 Å². The van der Waals surface area contributed by atoms with Crippen LogP contribution in [-0.4, -0.2) is 49.6 Å². The molecule has 31 heavy (non-hydrogen) atoms. The van der Waals surface area contributed by atoms with Gasteiger partial charge in [0.05, 0.1) is 12.3 Å². The molecule has 1 aliphatic carbocycles. The SMILES string of the molecule is COCc1cc2c(Nc3cc([C@@H]4CC[C@H](OC(=O)NC(C)(C)C)C4)[nH]n3)nccn2n1. The van der Waals surface area contributed by atoms with E-state index in [1.54, 1.807) is 24.0 Å². The summed E-state index contributed by atoms with van der Waals surface area (Å²) < 4.78 is 12.5. The van der Waals surface area contributed by atoms with Gasteiger partial charge in [0.15, 0.2) is 11.6 Å². The van der Waals surface area contributed by atoms with E-state index in [2.05, 4.69) is 30.9 Å². The van der Waals surface area contributed by atoms with Crippen LogP contribution in [0.1, 0.15) is 57.3 Å². The summed E-state index contributed by atoms with van der Waals surface area (Å²) in [6.07, 6.45) is 5.58. The monoisotopic (exact) mass is 427 g/mol. The number of ether oxygens (including phenoxy) is 2. The first-order valence-electron chi connectivity index (χ1n) is 10.4. The molecule has 0 aliphatic heterocycles. The van der Waals surface area contributed by atoms with E-state index in [0.29, 0.717) is 18.2 Å². The summed E-state index contributed by atoms with van der Waals surface area (Å²) in [4.78, 5) is 16.5. The number of methoxy groups -OCH3 is 1. The highest BCUT2D eigenvalue weighted by atomic mass is 16.6. The van der Waals surface area contributed by atoms with Crippen molar-refractivity contribution in [3.8, 4) is 0 Å². The van der Waals surface area contributed by atoms with Crippen LogP contribution in [0.4, 0.5) is 16.4 Å². The summed E-state index contributed by atoms with van der Waals surface area (Å²) in [5, 5.41) is 18.1. The van der Waals surface area contributed by atoms with Crippen LogP contribution in [-0.2, 0) is 16.1 Å². The Labute approximate surface area is 180 Å². The summed E-state index contributed by atoms with van der Waals surface area (Å²) in [5.41, 5.74) is 2.38. The van der Waals surface area contributed by atoms with E-state index in [1.165, 1.54) is 0 Å². The van der Waals surface area contributed by atoms with Crippen molar-refractivity contribution in [2.75, 3.05) is 12.4 Å². The first-order valence-corrected chi connectivity index (χ1v) is 10.4. The van der Waals surface area contributed by atoms with Crippen LogP contribution >= 0.6 is 0 Å². The minimum Gasteiger partial charge on any atom is -0.446 e. The summed E-state index contributed by atoms with van der Waals surface area (Å²) in [7, 11) is 1.64. The van der Waals surface area contributed by atoms with Crippen molar-refractivity contribution in [1.29, 1.82) is 0 Å². The third-order valence-corrected chi connectivity index (χ3v) is 5.15. The molecule has 1 aliphatic rings. The predicted molar refractivity (Wildman–Crippen MR) is 115 cm³/mol. The lowest BCUT2D eigenvalue weighted by atomic mass is 10.0. The molecule has 3 heterocycles. The molecule has 3 aromatic heterocycles. The number of fused-ring (bicyclic) bond motifs is 1. The highest BCUT2D eigenvalue weighted by Gasteiger charge is 2.30. The van der Waals surface area contributed by atoms with E-state index in [-0.39, 0.29) is 23.7 Å². The van der Waals surface area contributed by atoms with Gasteiger partial charge in [0.1, 0.15) is 11.6 Å². The fraction of sp³-hybridized carbons (Fsp3) is 0.524. The van der Waals surface area contributed by atoms with Gasteiger partial charge in [-0.1, -0.05) is 0 Å². The molecular weight excluding hydrogens is 398 g/mol. The molecule has 1 saturated carbocycles. The summed E-state index contributed by atoms with van der Waals surface area (Å²) in [6, 6.07) is 3.92. The zero-order valence-corrected chi connectivity index (χ0v) is 18.3. The molecule has 1 amide bonds. The fourth-order valence-corrected chi connectivity index (χ4v) is 3.84. The molecule has 166 valence electrons. The fourth-order valence-electron chi connectivity index (χ4n) is 3.84. The van der Waals surface area contributed by atoms with E-state index < -0.39 is 0 Å². The molecule has 10 nitrogen and oxygen atoms in total. The second kappa shape index (κ2) is 8.54. The maximum absolute atomic E-state index is 12.0. The molecule has 1 fully saturated rings. The van der Waals surface area contributed by atoms with E-state index in [1.807, 2.05) is 32.9 Å². The highest BCUT2D eigenvalue weighted by Crippen LogP contribution is 2.36. The maximum atomic E-state index is 12.0. The molecule has 0 aromatic carbocycles. The van der Waals surface area contributed by atoms with Gasteiger partial charge in [0, 0.05) is 42.7 Å². The molecule has 3 aromatic rings. The average molecular weight is 428 g/mol. The number of aromatic nitrogens is 5. The summed E-state index contributed by atoms with van der Waals surface area (Å²) in [5.74, 6) is 1.62. The van der Waals surface area contributed by atoms with Crippen LogP contribution in [0.5, 0.6) is 0 Å². The van der Waals surface area contributed by atoms with Gasteiger partial charge in [0.2, 0.25) is 0 Å². The second-order valence-corrected chi connectivity index (χ2v) is 8.92. The Hall–Kier alpha value is -3.14. The van der Waals surface area contributed by atoms with Crippen LogP contribution in [0.3, 0.4) is 0 Å². The van der Waals surface area contributed by atoms with Crippen molar-refractivity contribution in [2.24, 2.45) is 0 Å². The average Bonchev–Trinajstić information content (AvgIpc) is 3.40. The van der Waals surface area contributed by atoms with Gasteiger partial charge in [-0.15, -0.1) is 0 Å². The number of hydrogen-bond donors (Lipinski definition) is 3.